The Morgan fingerprint density at radius 3 is 2.94 bits per heavy atom. The fourth-order valence-corrected chi connectivity index (χ4v) is 1.66. The minimum Gasteiger partial charge on any atom is -0.490 e. The molecule has 0 heterocycles. The summed E-state index contributed by atoms with van der Waals surface area (Å²) >= 11 is 0. The molecule has 16 heavy (non-hydrogen) atoms. The molecular weight excluding hydrogens is 205 g/mol. The van der Waals surface area contributed by atoms with Gasteiger partial charge in [-0.25, -0.2) is 4.39 Å². The van der Waals surface area contributed by atoms with E-state index in [1.807, 2.05) is 13.1 Å². The predicted octanol–water partition coefficient (Wildman–Crippen LogP) is 2.38. The lowest BCUT2D eigenvalue weighted by Gasteiger charge is -2.11. The van der Waals surface area contributed by atoms with Crippen LogP contribution in [0.5, 0.6) is 5.75 Å². The first-order valence-electron chi connectivity index (χ1n) is 5.86. The van der Waals surface area contributed by atoms with E-state index in [-0.39, 0.29) is 5.82 Å². The van der Waals surface area contributed by atoms with Crippen molar-refractivity contribution in [3.63, 3.8) is 0 Å². The Morgan fingerprint density at radius 1 is 1.44 bits per heavy atom. The second kappa shape index (κ2) is 5.30. The van der Waals surface area contributed by atoms with Crippen molar-refractivity contribution in [1.82, 2.24) is 5.32 Å². The average molecular weight is 223 g/mol. The maximum atomic E-state index is 13.6. The molecule has 0 saturated heterocycles. The van der Waals surface area contributed by atoms with Crippen LogP contribution in [-0.4, -0.2) is 20.2 Å². The second-order valence-corrected chi connectivity index (χ2v) is 4.34. The Labute approximate surface area is 95.8 Å². The number of para-hydroxylation sites is 1. The van der Waals surface area contributed by atoms with Gasteiger partial charge in [0.25, 0.3) is 0 Å². The van der Waals surface area contributed by atoms with Crippen molar-refractivity contribution in [2.75, 3.05) is 20.2 Å². The van der Waals surface area contributed by atoms with Gasteiger partial charge in [0.05, 0.1) is 6.61 Å². The van der Waals surface area contributed by atoms with Gasteiger partial charge < -0.3 is 10.1 Å². The molecule has 1 N–H and O–H groups in total. The van der Waals surface area contributed by atoms with Crippen LogP contribution in [0.4, 0.5) is 4.39 Å². The zero-order valence-corrected chi connectivity index (χ0v) is 9.63. The Balaban J connectivity index is 2.04. The van der Waals surface area contributed by atoms with Gasteiger partial charge in [-0.3, -0.25) is 0 Å². The monoisotopic (exact) mass is 223 g/mol. The second-order valence-electron chi connectivity index (χ2n) is 4.34. The molecule has 1 aromatic carbocycles. The number of benzene rings is 1. The van der Waals surface area contributed by atoms with Crippen molar-refractivity contribution in [2.45, 2.75) is 19.3 Å². The maximum Gasteiger partial charge on any atom is 0.165 e. The summed E-state index contributed by atoms with van der Waals surface area (Å²) in [5.74, 6) is 0.857. The van der Waals surface area contributed by atoms with Crippen molar-refractivity contribution < 1.29 is 9.13 Å². The van der Waals surface area contributed by atoms with Gasteiger partial charge in [-0.2, -0.15) is 0 Å². The van der Waals surface area contributed by atoms with E-state index in [4.69, 9.17) is 4.74 Å². The van der Waals surface area contributed by atoms with Gasteiger partial charge in [-0.1, -0.05) is 12.1 Å². The normalized spacial score (nSPS) is 15.1. The molecule has 1 aliphatic rings. The number of halogens is 1. The van der Waals surface area contributed by atoms with Gasteiger partial charge in [0.2, 0.25) is 0 Å². The molecule has 2 nitrogen and oxygen atoms in total. The van der Waals surface area contributed by atoms with E-state index < -0.39 is 0 Å². The van der Waals surface area contributed by atoms with Crippen LogP contribution < -0.4 is 10.1 Å². The van der Waals surface area contributed by atoms with Gasteiger partial charge in [-0.15, -0.1) is 0 Å². The topological polar surface area (TPSA) is 21.3 Å². The van der Waals surface area contributed by atoms with Crippen LogP contribution in [0.1, 0.15) is 18.4 Å². The maximum absolute atomic E-state index is 13.6. The van der Waals surface area contributed by atoms with E-state index in [1.54, 1.807) is 6.07 Å². The fraction of sp³-hybridized carbons (Fsp3) is 0.538. The lowest BCUT2D eigenvalue weighted by molar-refractivity contribution is 0.282. The summed E-state index contributed by atoms with van der Waals surface area (Å²) in [5.41, 5.74) is 0.954. The summed E-state index contributed by atoms with van der Waals surface area (Å²) < 4.78 is 19.2. The molecule has 0 aliphatic heterocycles. The highest BCUT2D eigenvalue weighted by molar-refractivity contribution is 5.35. The van der Waals surface area contributed by atoms with E-state index in [1.165, 1.54) is 18.9 Å². The van der Waals surface area contributed by atoms with E-state index in [0.29, 0.717) is 18.3 Å². The number of nitrogens with one attached hydrogen (secondary N) is 1. The average Bonchev–Trinajstić information content (AvgIpc) is 3.09. The summed E-state index contributed by atoms with van der Waals surface area (Å²) in [6, 6.07) is 5.14. The summed E-state index contributed by atoms with van der Waals surface area (Å²) in [5, 5.41) is 3.06. The molecule has 0 atom stereocenters. The molecular formula is C13H18FNO. The Hall–Kier alpha value is -1.09. The lowest BCUT2D eigenvalue weighted by Crippen LogP contribution is -2.12. The van der Waals surface area contributed by atoms with E-state index in [0.717, 1.165) is 18.5 Å². The lowest BCUT2D eigenvalue weighted by atomic mass is 10.1. The predicted molar refractivity (Wildman–Crippen MR) is 62.2 cm³/mol. The van der Waals surface area contributed by atoms with Crippen molar-refractivity contribution in [2.24, 2.45) is 5.92 Å². The molecule has 1 aliphatic carbocycles. The van der Waals surface area contributed by atoms with Crippen LogP contribution in [0.3, 0.4) is 0 Å². The minimum absolute atomic E-state index is 0.241. The Morgan fingerprint density at radius 2 is 2.25 bits per heavy atom. The van der Waals surface area contributed by atoms with E-state index >= 15 is 0 Å². The first-order valence-corrected chi connectivity index (χ1v) is 5.86. The minimum atomic E-state index is -0.241. The first-order chi connectivity index (χ1) is 7.81. The van der Waals surface area contributed by atoms with Gasteiger partial charge >= 0.3 is 0 Å². The largest absolute Gasteiger partial charge is 0.490 e. The van der Waals surface area contributed by atoms with Crippen LogP contribution in [0.2, 0.25) is 0 Å². The molecule has 0 spiro atoms. The fourth-order valence-electron chi connectivity index (χ4n) is 1.66. The Kier molecular flexibility index (Phi) is 3.78. The SMILES string of the molecule is CNCCc1cccc(F)c1OCC1CC1. The third kappa shape index (κ3) is 2.95. The highest BCUT2D eigenvalue weighted by Gasteiger charge is 2.23. The van der Waals surface area contributed by atoms with Gasteiger partial charge in [-0.05, 0) is 50.4 Å². The number of hydrogen-bond acceptors (Lipinski definition) is 2. The molecule has 0 aromatic heterocycles. The standard InChI is InChI=1S/C13H18FNO/c1-15-8-7-11-3-2-4-12(14)13(11)16-9-10-5-6-10/h2-4,10,15H,5-9H2,1H3. The highest BCUT2D eigenvalue weighted by Crippen LogP contribution is 2.31. The van der Waals surface area contributed by atoms with Gasteiger partial charge in [0.1, 0.15) is 0 Å². The van der Waals surface area contributed by atoms with Crippen LogP contribution >= 0.6 is 0 Å². The molecule has 88 valence electrons. The number of likely N-dealkylation sites (N-methyl/N-ethyl adjacent to an activating group) is 1. The summed E-state index contributed by atoms with van der Waals surface area (Å²) in [4.78, 5) is 0. The summed E-state index contributed by atoms with van der Waals surface area (Å²) in [7, 11) is 1.89. The quantitative estimate of drug-likeness (QED) is 0.799. The van der Waals surface area contributed by atoms with Crippen molar-refractivity contribution in [3.05, 3.63) is 29.6 Å². The molecule has 1 fully saturated rings. The van der Waals surface area contributed by atoms with Crippen molar-refractivity contribution in [1.29, 1.82) is 0 Å². The molecule has 0 bridgehead atoms. The Bertz CT molecular complexity index is 350. The van der Waals surface area contributed by atoms with Gasteiger partial charge in [0, 0.05) is 0 Å². The zero-order chi connectivity index (χ0) is 11.4. The van der Waals surface area contributed by atoms with Crippen molar-refractivity contribution >= 4 is 0 Å². The molecule has 0 radical (unpaired) electrons. The molecule has 0 amide bonds. The van der Waals surface area contributed by atoms with Crippen LogP contribution in [-0.2, 0) is 6.42 Å². The third-order valence-corrected chi connectivity index (χ3v) is 2.85. The molecule has 1 aromatic rings. The molecule has 2 rings (SSSR count). The number of rotatable bonds is 6. The van der Waals surface area contributed by atoms with Crippen LogP contribution in [0.25, 0.3) is 0 Å². The zero-order valence-electron chi connectivity index (χ0n) is 9.63. The highest BCUT2D eigenvalue weighted by atomic mass is 19.1. The van der Waals surface area contributed by atoms with Crippen LogP contribution in [0.15, 0.2) is 18.2 Å². The number of hydrogen-bond donors (Lipinski definition) is 1. The van der Waals surface area contributed by atoms with Crippen LogP contribution in [0, 0.1) is 11.7 Å². The number of ether oxygens (including phenoxy) is 1. The molecule has 1 saturated carbocycles. The van der Waals surface area contributed by atoms with E-state index in [9.17, 15) is 4.39 Å². The van der Waals surface area contributed by atoms with Gasteiger partial charge in [0.15, 0.2) is 11.6 Å². The van der Waals surface area contributed by atoms with Crippen molar-refractivity contribution in [3.8, 4) is 5.75 Å². The molecule has 3 heteroatoms. The summed E-state index contributed by atoms with van der Waals surface area (Å²) in [6.45, 7) is 1.50. The smallest absolute Gasteiger partial charge is 0.165 e. The van der Waals surface area contributed by atoms with E-state index in [2.05, 4.69) is 5.32 Å². The summed E-state index contributed by atoms with van der Waals surface area (Å²) in [6.07, 6.45) is 3.24. The third-order valence-electron chi connectivity index (χ3n) is 2.85. The first kappa shape index (κ1) is 11.4. The molecule has 0 unspecified atom stereocenters.